The van der Waals surface area contributed by atoms with Crippen LogP contribution in [0.3, 0.4) is 0 Å². The number of unbranched alkanes of at least 4 members (excludes halogenated alkanes) is 2. The predicted octanol–water partition coefficient (Wildman–Crippen LogP) is 1.24. The van der Waals surface area contributed by atoms with E-state index in [0.717, 1.165) is 38.6 Å². The summed E-state index contributed by atoms with van der Waals surface area (Å²) in [7, 11) is 0. The van der Waals surface area contributed by atoms with Crippen LogP contribution in [0.15, 0.2) is 0 Å². The fourth-order valence-electron chi connectivity index (χ4n) is 2.69. The van der Waals surface area contributed by atoms with E-state index in [9.17, 15) is 9.59 Å². The normalized spacial score (nSPS) is 21.0. The van der Waals surface area contributed by atoms with Crippen molar-refractivity contribution in [2.45, 2.75) is 64.5 Å². The van der Waals surface area contributed by atoms with E-state index in [2.05, 4.69) is 10.6 Å². The lowest BCUT2D eigenvalue weighted by molar-refractivity contribution is -0.131. The van der Waals surface area contributed by atoms with Crippen LogP contribution in [0.1, 0.15) is 52.4 Å². The zero-order chi connectivity index (χ0) is 15.7. The quantitative estimate of drug-likeness (QED) is 0.531. The first-order valence-corrected chi connectivity index (χ1v) is 8.04. The number of rotatable bonds is 10. The maximum Gasteiger partial charge on any atom is 0.315 e. The van der Waals surface area contributed by atoms with Crippen molar-refractivity contribution in [2.75, 3.05) is 19.7 Å². The van der Waals surface area contributed by atoms with Crippen LogP contribution in [0.25, 0.3) is 0 Å². The molecule has 0 aromatic carbocycles. The van der Waals surface area contributed by atoms with E-state index in [4.69, 9.17) is 5.11 Å². The van der Waals surface area contributed by atoms with Gasteiger partial charge < -0.3 is 20.6 Å². The summed E-state index contributed by atoms with van der Waals surface area (Å²) in [5.74, 6) is 0.134. The smallest absolute Gasteiger partial charge is 0.315 e. The summed E-state index contributed by atoms with van der Waals surface area (Å²) in [5, 5.41) is 14.7. The zero-order valence-electron chi connectivity index (χ0n) is 13.2. The molecule has 0 bridgehead atoms. The molecule has 0 aromatic rings. The highest BCUT2D eigenvalue weighted by atomic mass is 16.3. The Kier molecular flexibility index (Phi) is 8.12. The monoisotopic (exact) mass is 299 g/mol. The van der Waals surface area contributed by atoms with Gasteiger partial charge in [-0.05, 0) is 26.2 Å². The summed E-state index contributed by atoms with van der Waals surface area (Å²) in [5.41, 5.74) is 0. The molecule has 1 aliphatic rings. The van der Waals surface area contributed by atoms with Gasteiger partial charge in [0.15, 0.2) is 0 Å². The molecule has 2 unspecified atom stereocenters. The van der Waals surface area contributed by atoms with Crippen molar-refractivity contribution < 1.29 is 14.7 Å². The molecule has 6 heteroatoms. The van der Waals surface area contributed by atoms with Crippen molar-refractivity contribution in [1.82, 2.24) is 15.5 Å². The van der Waals surface area contributed by atoms with Crippen molar-refractivity contribution in [3.05, 3.63) is 0 Å². The molecule has 3 N–H and O–H groups in total. The lowest BCUT2D eigenvalue weighted by Crippen LogP contribution is -2.34. The molecule has 122 valence electrons. The Bertz CT molecular complexity index is 330. The SMILES string of the molecule is CCCN(CCO)C(=O)CCCCCC1NC(=O)NC1C. The first-order valence-electron chi connectivity index (χ1n) is 8.04. The van der Waals surface area contributed by atoms with Crippen LogP contribution in [0.4, 0.5) is 4.79 Å². The average molecular weight is 299 g/mol. The second-order valence-corrected chi connectivity index (χ2v) is 5.72. The summed E-state index contributed by atoms with van der Waals surface area (Å²) in [6, 6.07) is 0.310. The van der Waals surface area contributed by atoms with Crippen LogP contribution in [-0.2, 0) is 4.79 Å². The van der Waals surface area contributed by atoms with E-state index < -0.39 is 0 Å². The molecule has 1 fully saturated rings. The maximum absolute atomic E-state index is 12.0. The predicted molar refractivity (Wildman–Crippen MR) is 82.0 cm³/mol. The second-order valence-electron chi connectivity index (χ2n) is 5.72. The first kappa shape index (κ1) is 17.8. The molecule has 0 aromatic heterocycles. The van der Waals surface area contributed by atoms with Crippen LogP contribution in [0.2, 0.25) is 0 Å². The molecular weight excluding hydrogens is 270 g/mol. The van der Waals surface area contributed by atoms with Gasteiger partial charge in [-0.1, -0.05) is 19.8 Å². The van der Waals surface area contributed by atoms with Crippen LogP contribution >= 0.6 is 0 Å². The van der Waals surface area contributed by atoms with E-state index in [1.54, 1.807) is 4.90 Å². The minimum Gasteiger partial charge on any atom is -0.395 e. The number of carbonyl (C=O) groups is 2. The van der Waals surface area contributed by atoms with Gasteiger partial charge in [0.2, 0.25) is 5.91 Å². The van der Waals surface area contributed by atoms with Gasteiger partial charge in [0.05, 0.1) is 12.6 Å². The molecule has 1 heterocycles. The molecular formula is C15H29N3O3. The number of hydrogen-bond donors (Lipinski definition) is 3. The molecule has 6 nitrogen and oxygen atoms in total. The topological polar surface area (TPSA) is 81.7 Å². The minimum absolute atomic E-state index is 0.0258. The number of urea groups is 1. The van der Waals surface area contributed by atoms with Crippen molar-refractivity contribution in [3.63, 3.8) is 0 Å². The third kappa shape index (κ3) is 6.33. The van der Waals surface area contributed by atoms with Gasteiger partial charge in [0, 0.05) is 25.6 Å². The number of aliphatic hydroxyl groups excluding tert-OH is 1. The summed E-state index contributed by atoms with van der Waals surface area (Å²) >= 11 is 0. The first-order chi connectivity index (χ1) is 10.1. The van der Waals surface area contributed by atoms with Crippen LogP contribution < -0.4 is 10.6 Å². The summed E-state index contributed by atoms with van der Waals surface area (Å²) in [6.45, 7) is 5.21. The van der Waals surface area contributed by atoms with E-state index in [0.29, 0.717) is 13.0 Å². The average Bonchev–Trinajstić information content (AvgIpc) is 2.76. The van der Waals surface area contributed by atoms with E-state index in [-0.39, 0.29) is 30.6 Å². The molecule has 3 amide bonds. The van der Waals surface area contributed by atoms with Crippen molar-refractivity contribution in [1.29, 1.82) is 0 Å². The maximum atomic E-state index is 12.0. The number of nitrogens with zero attached hydrogens (tertiary/aromatic N) is 1. The van der Waals surface area contributed by atoms with Crippen LogP contribution in [0, 0.1) is 0 Å². The number of carbonyl (C=O) groups excluding carboxylic acids is 2. The van der Waals surface area contributed by atoms with Gasteiger partial charge in [-0.25, -0.2) is 4.79 Å². The molecule has 0 saturated carbocycles. The summed E-state index contributed by atoms with van der Waals surface area (Å²) < 4.78 is 0. The third-order valence-corrected chi connectivity index (χ3v) is 3.90. The van der Waals surface area contributed by atoms with Gasteiger partial charge in [-0.2, -0.15) is 0 Å². The number of hydrogen-bond acceptors (Lipinski definition) is 3. The Hall–Kier alpha value is -1.30. The standard InChI is InChI=1S/C15H29N3O3/c1-3-9-18(10-11-19)14(20)8-6-4-5-7-13-12(2)16-15(21)17-13/h12-13,19H,3-11H2,1-2H3,(H2,16,17,21). The second kappa shape index (κ2) is 9.60. The highest BCUT2D eigenvalue weighted by Gasteiger charge is 2.26. The Balaban J connectivity index is 2.12. The van der Waals surface area contributed by atoms with Crippen molar-refractivity contribution in [3.8, 4) is 0 Å². The third-order valence-electron chi connectivity index (χ3n) is 3.90. The van der Waals surface area contributed by atoms with Gasteiger partial charge >= 0.3 is 6.03 Å². The van der Waals surface area contributed by atoms with Gasteiger partial charge in [0.1, 0.15) is 0 Å². The van der Waals surface area contributed by atoms with Gasteiger partial charge in [-0.15, -0.1) is 0 Å². The number of amides is 3. The van der Waals surface area contributed by atoms with Gasteiger partial charge in [-0.3, -0.25) is 4.79 Å². The molecule has 21 heavy (non-hydrogen) atoms. The Morgan fingerprint density at radius 1 is 1.24 bits per heavy atom. The molecule has 1 saturated heterocycles. The molecule has 2 atom stereocenters. The summed E-state index contributed by atoms with van der Waals surface area (Å²) in [4.78, 5) is 24.9. The number of nitrogens with one attached hydrogen (secondary N) is 2. The lowest BCUT2D eigenvalue weighted by atomic mass is 10.0. The molecule has 1 aliphatic heterocycles. The highest BCUT2D eigenvalue weighted by Crippen LogP contribution is 2.12. The lowest BCUT2D eigenvalue weighted by Gasteiger charge is -2.21. The Labute approximate surface area is 127 Å². The van der Waals surface area contributed by atoms with Crippen LogP contribution in [0.5, 0.6) is 0 Å². The summed E-state index contributed by atoms with van der Waals surface area (Å²) in [6.07, 6.45) is 5.28. The van der Waals surface area contributed by atoms with E-state index in [1.807, 2.05) is 13.8 Å². The molecule has 1 rings (SSSR count). The van der Waals surface area contributed by atoms with Crippen LogP contribution in [-0.4, -0.2) is 53.7 Å². The number of aliphatic hydroxyl groups is 1. The van der Waals surface area contributed by atoms with Crippen molar-refractivity contribution in [2.24, 2.45) is 0 Å². The largest absolute Gasteiger partial charge is 0.395 e. The minimum atomic E-state index is -0.0816. The molecule has 0 spiro atoms. The molecule has 0 aliphatic carbocycles. The Morgan fingerprint density at radius 3 is 2.57 bits per heavy atom. The van der Waals surface area contributed by atoms with E-state index in [1.165, 1.54) is 0 Å². The van der Waals surface area contributed by atoms with Crippen molar-refractivity contribution >= 4 is 11.9 Å². The fourth-order valence-corrected chi connectivity index (χ4v) is 2.69. The Morgan fingerprint density at radius 2 is 2.00 bits per heavy atom. The van der Waals surface area contributed by atoms with E-state index >= 15 is 0 Å². The zero-order valence-corrected chi connectivity index (χ0v) is 13.2. The fraction of sp³-hybridized carbons (Fsp3) is 0.867. The highest BCUT2D eigenvalue weighted by molar-refractivity contribution is 5.77. The molecule has 0 radical (unpaired) electrons. The van der Waals surface area contributed by atoms with Gasteiger partial charge in [0.25, 0.3) is 0 Å².